The van der Waals surface area contributed by atoms with Crippen molar-refractivity contribution >= 4 is 11.6 Å². The van der Waals surface area contributed by atoms with Crippen LogP contribution in [0.3, 0.4) is 0 Å². The van der Waals surface area contributed by atoms with Crippen LogP contribution in [0.5, 0.6) is 5.75 Å². The topological polar surface area (TPSA) is 44.0 Å². The summed E-state index contributed by atoms with van der Waals surface area (Å²) in [6, 6.07) is 3.88. The third-order valence-corrected chi connectivity index (χ3v) is 2.53. The van der Waals surface area contributed by atoms with E-state index in [1.807, 2.05) is 19.1 Å². The molecule has 68 valence electrons. The standard InChI is InChI=1S/C10H10ClNO/c1-6-5-8(3-4-12)7(2)10(13)9(6)11/h5,13H,3H2,1-2H3. The van der Waals surface area contributed by atoms with Gasteiger partial charge in [0, 0.05) is 0 Å². The summed E-state index contributed by atoms with van der Waals surface area (Å²) in [6.07, 6.45) is 0.303. The second-order valence-electron chi connectivity index (χ2n) is 2.98. The molecular weight excluding hydrogens is 186 g/mol. The van der Waals surface area contributed by atoms with E-state index < -0.39 is 0 Å². The lowest BCUT2D eigenvalue weighted by Gasteiger charge is -2.08. The quantitative estimate of drug-likeness (QED) is 0.749. The first-order chi connectivity index (χ1) is 6.07. The highest BCUT2D eigenvalue weighted by Crippen LogP contribution is 2.32. The first-order valence-electron chi connectivity index (χ1n) is 3.92. The van der Waals surface area contributed by atoms with E-state index in [1.54, 1.807) is 6.92 Å². The van der Waals surface area contributed by atoms with E-state index >= 15 is 0 Å². The molecule has 1 aromatic carbocycles. The van der Waals surface area contributed by atoms with Crippen LogP contribution in [0.4, 0.5) is 0 Å². The Morgan fingerprint density at radius 2 is 2.15 bits per heavy atom. The number of aromatic hydroxyl groups is 1. The Morgan fingerprint density at radius 1 is 1.54 bits per heavy atom. The highest BCUT2D eigenvalue weighted by molar-refractivity contribution is 6.32. The number of nitrogens with zero attached hydrogens (tertiary/aromatic N) is 1. The van der Waals surface area contributed by atoms with Crippen LogP contribution in [0.25, 0.3) is 0 Å². The molecule has 0 heterocycles. The van der Waals surface area contributed by atoms with E-state index in [2.05, 4.69) is 0 Å². The minimum absolute atomic E-state index is 0.0897. The van der Waals surface area contributed by atoms with Crippen molar-refractivity contribution in [2.45, 2.75) is 20.3 Å². The summed E-state index contributed by atoms with van der Waals surface area (Å²) in [5, 5.41) is 18.5. The minimum atomic E-state index is 0.0897. The van der Waals surface area contributed by atoms with Crippen LogP contribution < -0.4 is 0 Å². The zero-order chi connectivity index (χ0) is 10.0. The number of hydrogen-bond acceptors (Lipinski definition) is 2. The molecule has 1 aromatic rings. The van der Waals surface area contributed by atoms with Crippen LogP contribution in [-0.4, -0.2) is 5.11 Å². The highest BCUT2D eigenvalue weighted by atomic mass is 35.5. The SMILES string of the molecule is Cc1cc(CC#N)c(C)c(O)c1Cl. The van der Waals surface area contributed by atoms with Gasteiger partial charge in [-0.2, -0.15) is 5.26 Å². The number of nitriles is 1. The van der Waals surface area contributed by atoms with Crippen molar-refractivity contribution in [1.29, 1.82) is 5.26 Å². The molecule has 0 amide bonds. The average Bonchev–Trinajstić information content (AvgIpc) is 2.11. The van der Waals surface area contributed by atoms with E-state index in [0.717, 1.165) is 11.1 Å². The van der Waals surface area contributed by atoms with Crippen LogP contribution in [0.1, 0.15) is 16.7 Å². The molecule has 13 heavy (non-hydrogen) atoms. The van der Waals surface area contributed by atoms with Gasteiger partial charge in [0.05, 0.1) is 17.5 Å². The molecule has 0 radical (unpaired) electrons. The summed E-state index contributed by atoms with van der Waals surface area (Å²) in [5.41, 5.74) is 2.33. The minimum Gasteiger partial charge on any atom is -0.506 e. The third-order valence-electron chi connectivity index (χ3n) is 2.05. The van der Waals surface area contributed by atoms with Gasteiger partial charge in [-0.15, -0.1) is 0 Å². The number of aryl methyl sites for hydroxylation is 1. The Morgan fingerprint density at radius 3 is 2.69 bits per heavy atom. The van der Waals surface area contributed by atoms with Crippen molar-refractivity contribution in [3.63, 3.8) is 0 Å². The number of phenolic OH excluding ortho intramolecular Hbond substituents is 1. The lowest BCUT2D eigenvalue weighted by atomic mass is 10.0. The van der Waals surface area contributed by atoms with Gasteiger partial charge in [0.15, 0.2) is 0 Å². The Hall–Kier alpha value is -1.20. The number of halogens is 1. The van der Waals surface area contributed by atoms with Gasteiger partial charge >= 0.3 is 0 Å². The maximum atomic E-state index is 9.55. The molecule has 0 fully saturated rings. The second kappa shape index (κ2) is 3.68. The molecule has 0 aromatic heterocycles. The average molecular weight is 196 g/mol. The molecule has 0 unspecified atom stereocenters. The van der Waals surface area contributed by atoms with Crippen molar-refractivity contribution in [3.8, 4) is 11.8 Å². The van der Waals surface area contributed by atoms with Crippen molar-refractivity contribution in [1.82, 2.24) is 0 Å². The van der Waals surface area contributed by atoms with E-state index in [-0.39, 0.29) is 5.75 Å². The van der Waals surface area contributed by atoms with Gasteiger partial charge in [0.2, 0.25) is 0 Å². The Labute approximate surface area is 82.4 Å². The molecule has 0 saturated carbocycles. The summed E-state index contributed by atoms with van der Waals surface area (Å²) < 4.78 is 0. The van der Waals surface area contributed by atoms with Crippen molar-refractivity contribution in [3.05, 3.63) is 27.8 Å². The number of phenols is 1. The summed E-state index contributed by atoms with van der Waals surface area (Å²) in [5.74, 6) is 0.0897. The van der Waals surface area contributed by atoms with Gasteiger partial charge in [-0.3, -0.25) is 0 Å². The summed E-state index contributed by atoms with van der Waals surface area (Å²) in [7, 11) is 0. The summed E-state index contributed by atoms with van der Waals surface area (Å²) in [4.78, 5) is 0. The molecule has 3 heteroatoms. The normalized spacial score (nSPS) is 9.69. The third kappa shape index (κ3) is 1.76. The van der Waals surface area contributed by atoms with Gasteiger partial charge < -0.3 is 5.11 Å². The van der Waals surface area contributed by atoms with Crippen molar-refractivity contribution in [2.24, 2.45) is 0 Å². The zero-order valence-electron chi connectivity index (χ0n) is 7.56. The second-order valence-corrected chi connectivity index (χ2v) is 3.35. The summed E-state index contributed by atoms with van der Waals surface area (Å²) >= 11 is 5.82. The van der Waals surface area contributed by atoms with Crippen LogP contribution in [-0.2, 0) is 6.42 Å². The van der Waals surface area contributed by atoms with Gasteiger partial charge in [0.25, 0.3) is 0 Å². The maximum absolute atomic E-state index is 9.55. The molecule has 0 saturated heterocycles. The predicted molar refractivity (Wildman–Crippen MR) is 51.9 cm³/mol. The fourth-order valence-electron chi connectivity index (χ4n) is 1.21. The molecule has 2 nitrogen and oxygen atoms in total. The monoisotopic (exact) mass is 195 g/mol. The molecule has 0 spiro atoms. The summed E-state index contributed by atoms with van der Waals surface area (Å²) in [6.45, 7) is 3.57. The van der Waals surface area contributed by atoms with E-state index in [0.29, 0.717) is 17.0 Å². The van der Waals surface area contributed by atoms with Gasteiger partial charge in [0.1, 0.15) is 5.75 Å². The van der Waals surface area contributed by atoms with Crippen molar-refractivity contribution in [2.75, 3.05) is 0 Å². The Balaban J connectivity index is 3.34. The number of hydrogen-bond donors (Lipinski definition) is 1. The molecule has 0 bridgehead atoms. The number of rotatable bonds is 1. The first-order valence-corrected chi connectivity index (χ1v) is 4.30. The smallest absolute Gasteiger partial charge is 0.137 e. The molecule has 0 aliphatic heterocycles. The Bertz CT molecular complexity index is 379. The van der Waals surface area contributed by atoms with Gasteiger partial charge in [-0.25, -0.2) is 0 Å². The van der Waals surface area contributed by atoms with E-state index in [1.165, 1.54) is 0 Å². The van der Waals surface area contributed by atoms with E-state index in [4.69, 9.17) is 16.9 Å². The molecule has 0 atom stereocenters. The van der Waals surface area contributed by atoms with E-state index in [9.17, 15) is 5.11 Å². The maximum Gasteiger partial charge on any atom is 0.137 e. The van der Waals surface area contributed by atoms with Crippen LogP contribution in [0.2, 0.25) is 5.02 Å². The largest absolute Gasteiger partial charge is 0.506 e. The van der Waals surface area contributed by atoms with Gasteiger partial charge in [-0.05, 0) is 30.5 Å². The van der Waals surface area contributed by atoms with Crippen molar-refractivity contribution < 1.29 is 5.11 Å². The van der Waals surface area contributed by atoms with Crippen LogP contribution in [0.15, 0.2) is 6.07 Å². The number of benzene rings is 1. The lowest BCUT2D eigenvalue weighted by molar-refractivity contribution is 0.470. The lowest BCUT2D eigenvalue weighted by Crippen LogP contribution is -1.91. The molecular formula is C10H10ClNO. The van der Waals surface area contributed by atoms with Crippen LogP contribution in [0, 0.1) is 25.2 Å². The fraction of sp³-hybridized carbons (Fsp3) is 0.300. The van der Waals surface area contributed by atoms with Crippen LogP contribution >= 0.6 is 11.6 Å². The Kier molecular flexibility index (Phi) is 2.79. The zero-order valence-corrected chi connectivity index (χ0v) is 8.31. The highest BCUT2D eigenvalue weighted by Gasteiger charge is 2.09. The first kappa shape index (κ1) is 9.88. The molecule has 0 aliphatic rings. The fourth-order valence-corrected chi connectivity index (χ4v) is 1.40. The molecule has 0 aliphatic carbocycles. The van der Waals surface area contributed by atoms with Gasteiger partial charge in [-0.1, -0.05) is 17.7 Å². The molecule has 1 rings (SSSR count). The predicted octanol–water partition coefficient (Wildman–Crippen LogP) is 2.73. The molecule has 1 N–H and O–H groups in total.